The number of aromatic nitrogens is 2. The molecule has 0 saturated carbocycles. The molecule has 1 amide bonds. The first kappa shape index (κ1) is 19.7. The topological polar surface area (TPSA) is 56.1 Å². The molecule has 0 bridgehead atoms. The van der Waals surface area contributed by atoms with Gasteiger partial charge in [0, 0.05) is 16.7 Å². The Morgan fingerprint density at radius 1 is 1.00 bits per heavy atom. The molecule has 1 aromatic heterocycles. The van der Waals surface area contributed by atoms with E-state index in [9.17, 15) is 4.79 Å². The van der Waals surface area contributed by atoms with Crippen molar-refractivity contribution in [2.45, 2.75) is 6.92 Å². The number of para-hydroxylation sites is 1. The van der Waals surface area contributed by atoms with Crippen LogP contribution in [0.5, 0.6) is 5.75 Å². The molecule has 6 heteroatoms. The van der Waals surface area contributed by atoms with E-state index in [2.05, 4.69) is 10.4 Å². The van der Waals surface area contributed by atoms with Crippen molar-refractivity contribution in [2.24, 2.45) is 0 Å². The summed E-state index contributed by atoms with van der Waals surface area (Å²) in [6, 6.07) is 26.4. The summed E-state index contributed by atoms with van der Waals surface area (Å²) in [5.41, 5.74) is 3.53. The number of amides is 1. The Labute approximate surface area is 179 Å². The van der Waals surface area contributed by atoms with Gasteiger partial charge in [0.15, 0.2) is 6.61 Å². The summed E-state index contributed by atoms with van der Waals surface area (Å²) in [6.45, 7) is 1.90. The van der Waals surface area contributed by atoms with Gasteiger partial charge in [-0.2, -0.15) is 5.10 Å². The van der Waals surface area contributed by atoms with Crippen LogP contribution in [0.4, 0.5) is 5.82 Å². The average Bonchev–Trinajstić information content (AvgIpc) is 3.18. The minimum Gasteiger partial charge on any atom is -0.484 e. The average molecular weight is 418 g/mol. The molecule has 150 valence electrons. The Morgan fingerprint density at radius 3 is 2.50 bits per heavy atom. The zero-order valence-corrected chi connectivity index (χ0v) is 17.1. The third-order valence-electron chi connectivity index (χ3n) is 4.49. The third kappa shape index (κ3) is 4.70. The second-order valence-electron chi connectivity index (χ2n) is 6.82. The van der Waals surface area contributed by atoms with E-state index in [0.29, 0.717) is 22.3 Å². The number of anilines is 1. The first-order chi connectivity index (χ1) is 14.6. The zero-order chi connectivity index (χ0) is 20.9. The van der Waals surface area contributed by atoms with Gasteiger partial charge in [-0.15, -0.1) is 0 Å². The highest BCUT2D eigenvalue weighted by Gasteiger charge is 2.14. The highest BCUT2D eigenvalue weighted by atomic mass is 35.5. The van der Waals surface area contributed by atoms with Gasteiger partial charge >= 0.3 is 0 Å². The van der Waals surface area contributed by atoms with Crippen LogP contribution in [-0.4, -0.2) is 22.3 Å². The lowest BCUT2D eigenvalue weighted by Crippen LogP contribution is -2.21. The van der Waals surface area contributed by atoms with E-state index >= 15 is 0 Å². The monoisotopic (exact) mass is 417 g/mol. The summed E-state index contributed by atoms with van der Waals surface area (Å²) in [6.07, 6.45) is 0. The number of nitrogens with zero attached hydrogens (tertiary/aromatic N) is 2. The van der Waals surface area contributed by atoms with Gasteiger partial charge in [-0.3, -0.25) is 4.79 Å². The van der Waals surface area contributed by atoms with Crippen LogP contribution in [0.3, 0.4) is 0 Å². The molecule has 3 aromatic carbocycles. The third-order valence-corrected chi connectivity index (χ3v) is 4.72. The standard InChI is InChI=1S/C24H20ClN3O2/c1-17-10-12-21(13-11-17)30-16-24(29)26-23-15-22(18-6-5-7-19(25)14-18)27-28(23)20-8-3-2-4-9-20/h2-15H,16H2,1H3,(H,26,29). The van der Waals surface area contributed by atoms with E-state index in [1.807, 2.05) is 91.9 Å². The number of aryl methyl sites for hydroxylation is 1. The van der Waals surface area contributed by atoms with E-state index in [1.54, 1.807) is 4.68 Å². The maximum atomic E-state index is 12.5. The lowest BCUT2D eigenvalue weighted by molar-refractivity contribution is -0.118. The zero-order valence-electron chi connectivity index (χ0n) is 16.4. The molecule has 30 heavy (non-hydrogen) atoms. The van der Waals surface area contributed by atoms with Crippen molar-refractivity contribution in [2.75, 3.05) is 11.9 Å². The Morgan fingerprint density at radius 2 is 1.77 bits per heavy atom. The van der Waals surface area contributed by atoms with Crippen molar-refractivity contribution in [1.82, 2.24) is 9.78 Å². The Bertz CT molecular complexity index is 1150. The minimum atomic E-state index is -0.273. The Kier molecular flexibility index (Phi) is 5.82. The molecule has 0 aliphatic heterocycles. The summed E-state index contributed by atoms with van der Waals surface area (Å²) < 4.78 is 7.28. The Balaban J connectivity index is 1.57. The van der Waals surface area contributed by atoms with Crippen molar-refractivity contribution < 1.29 is 9.53 Å². The van der Waals surface area contributed by atoms with Gasteiger partial charge in [0.05, 0.1) is 11.4 Å². The molecule has 0 fully saturated rings. The summed E-state index contributed by atoms with van der Waals surface area (Å²) in [4.78, 5) is 12.5. The van der Waals surface area contributed by atoms with Gasteiger partial charge in [-0.1, -0.05) is 59.6 Å². The van der Waals surface area contributed by atoms with Gasteiger partial charge < -0.3 is 10.1 Å². The molecule has 4 rings (SSSR count). The highest BCUT2D eigenvalue weighted by Crippen LogP contribution is 2.26. The predicted octanol–water partition coefficient (Wildman–Crippen LogP) is 5.52. The molecule has 1 N–H and O–H groups in total. The van der Waals surface area contributed by atoms with E-state index in [-0.39, 0.29) is 12.5 Å². The number of carbonyl (C=O) groups is 1. The molecule has 0 unspecified atom stereocenters. The highest BCUT2D eigenvalue weighted by molar-refractivity contribution is 6.30. The van der Waals surface area contributed by atoms with Crippen LogP contribution in [0.25, 0.3) is 16.9 Å². The number of carbonyl (C=O) groups excluding carboxylic acids is 1. The molecule has 0 spiro atoms. The molecule has 1 heterocycles. The lowest BCUT2D eigenvalue weighted by Gasteiger charge is -2.10. The van der Waals surface area contributed by atoms with Crippen LogP contribution in [0.1, 0.15) is 5.56 Å². The van der Waals surface area contributed by atoms with Gasteiger partial charge in [0.25, 0.3) is 5.91 Å². The molecule has 0 aliphatic rings. The number of benzene rings is 3. The van der Waals surface area contributed by atoms with Crippen molar-refractivity contribution >= 4 is 23.3 Å². The summed E-state index contributed by atoms with van der Waals surface area (Å²) in [5.74, 6) is 0.922. The SMILES string of the molecule is Cc1ccc(OCC(=O)Nc2cc(-c3cccc(Cl)c3)nn2-c2ccccc2)cc1. The summed E-state index contributed by atoms with van der Waals surface area (Å²) >= 11 is 6.13. The van der Waals surface area contributed by atoms with Gasteiger partial charge in [0.1, 0.15) is 11.6 Å². The van der Waals surface area contributed by atoms with Crippen molar-refractivity contribution in [1.29, 1.82) is 0 Å². The molecule has 0 saturated heterocycles. The van der Waals surface area contributed by atoms with Crippen molar-refractivity contribution in [3.05, 3.63) is 95.5 Å². The second-order valence-corrected chi connectivity index (χ2v) is 7.26. The molecular formula is C24H20ClN3O2. The first-order valence-electron chi connectivity index (χ1n) is 9.49. The van der Waals surface area contributed by atoms with Crippen LogP contribution in [0, 0.1) is 6.92 Å². The van der Waals surface area contributed by atoms with Crippen LogP contribution < -0.4 is 10.1 Å². The number of rotatable bonds is 6. The molecular weight excluding hydrogens is 398 g/mol. The second kappa shape index (κ2) is 8.84. The van der Waals surface area contributed by atoms with E-state index < -0.39 is 0 Å². The maximum Gasteiger partial charge on any atom is 0.263 e. The number of hydrogen-bond acceptors (Lipinski definition) is 3. The van der Waals surface area contributed by atoms with Crippen LogP contribution in [0.2, 0.25) is 5.02 Å². The minimum absolute atomic E-state index is 0.102. The fourth-order valence-electron chi connectivity index (χ4n) is 2.99. The van der Waals surface area contributed by atoms with E-state index in [0.717, 1.165) is 16.8 Å². The summed E-state index contributed by atoms with van der Waals surface area (Å²) in [5, 5.41) is 8.20. The van der Waals surface area contributed by atoms with Gasteiger partial charge in [-0.05, 0) is 43.3 Å². The van der Waals surface area contributed by atoms with Crippen LogP contribution in [-0.2, 0) is 4.79 Å². The lowest BCUT2D eigenvalue weighted by atomic mass is 10.1. The molecule has 0 atom stereocenters. The number of nitrogens with one attached hydrogen (secondary N) is 1. The number of hydrogen-bond donors (Lipinski definition) is 1. The van der Waals surface area contributed by atoms with Crippen molar-refractivity contribution in [3.8, 4) is 22.7 Å². The number of halogens is 1. The van der Waals surface area contributed by atoms with E-state index in [4.69, 9.17) is 16.3 Å². The molecule has 4 aromatic rings. The van der Waals surface area contributed by atoms with Crippen LogP contribution in [0.15, 0.2) is 84.9 Å². The Hall–Kier alpha value is -3.57. The van der Waals surface area contributed by atoms with Gasteiger partial charge in [0.2, 0.25) is 0 Å². The van der Waals surface area contributed by atoms with Gasteiger partial charge in [-0.25, -0.2) is 4.68 Å². The predicted molar refractivity (Wildman–Crippen MR) is 119 cm³/mol. The largest absolute Gasteiger partial charge is 0.484 e. The smallest absolute Gasteiger partial charge is 0.263 e. The molecule has 0 radical (unpaired) electrons. The van der Waals surface area contributed by atoms with E-state index in [1.165, 1.54) is 0 Å². The fourth-order valence-corrected chi connectivity index (χ4v) is 3.18. The first-order valence-corrected chi connectivity index (χ1v) is 9.87. The normalized spacial score (nSPS) is 10.6. The quantitative estimate of drug-likeness (QED) is 0.449. The molecule has 5 nitrogen and oxygen atoms in total. The summed E-state index contributed by atoms with van der Waals surface area (Å²) in [7, 11) is 0. The van der Waals surface area contributed by atoms with Crippen LogP contribution >= 0.6 is 11.6 Å². The number of ether oxygens (including phenoxy) is 1. The maximum absolute atomic E-state index is 12.5. The molecule has 0 aliphatic carbocycles. The van der Waals surface area contributed by atoms with Crippen molar-refractivity contribution in [3.63, 3.8) is 0 Å². The fraction of sp³-hybridized carbons (Fsp3) is 0.0833.